The van der Waals surface area contributed by atoms with Crippen molar-refractivity contribution in [1.82, 2.24) is 4.90 Å². The number of nitrogens with zero attached hydrogens (tertiary/aromatic N) is 1. The van der Waals surface area contributed by atoms with Crippen molar-refractivity contribution in [1.29, 1.82) is 0 Å². The van der Waals surface area contributed by atoms with Crippen molar-refractivity contribution in [3.63, 3.8) is 0 Å². The van der Waals surface area contributed by atoms with E-state index in [2.05, 4.69) is 0 Å². The van der Waals surface area contributed by atoms with Gasteiger partial charge in [0.2, 0.25) is 5.91 Å². The van der Waals surface area contributed by atoms with Crippen LogP contribution in [-0.2, 0) is 4.79 Å². The largest absolute Gasteiger partial charge is 0.491 e. The highest BCUT2D eigenvalue weighted by Crippen LogP contribution is 2.15. The number of ether oxygens (including phenoxy) is 1. The molecule has 0 aliphatic heterocycles. The minimum atomic E-state index is -0.409. The van der Waals surface area contributed by atoms with Crippen LogP contribution in [-0.4, -0.2) is 37.0 Å². The number of rotatable bonds is 6. The Labute approximate surface area is 109 Å². The molecule has 4 heteroatoms. The molecule has 1 rings (SSSR count). The van der Waals surface area contributed by atoms with Gasteiger partial charge < -0.3 is 15.4 Å². The lowest BCUT2D eigenvalue weighted by Crippen LogP contribution is -2.42. The van der Waals surface area contributed by atoms with Crippen LogP contribution in [0, 0.1) is 6.92 Å². The normalized spacial score (nSPS) is 12.0. The minimum Gasteiger partial charge on any atom is -0.491 e. The number of nitrogens with two attached hydrogens (primary N) is 1. The molecule has 2 N–H and O–H groups in total. The molecular formula is C14H22N2O2. The van der Waals surface area contributed by atoms with Crippen LogP contribution in [0.2, 0.25) is 0 Å². The first-order chi connectivity index (χ1) is 8.56. The number of hydrogen-bond donors (Lipinski definition) is 1. The fourth-order valence-corrected chi connectivity index (χ4v) is 1.58. The van der Waals surface area contributed by atoms with Gasteiger partial charge in [-0.25, -0.2) is 0 Å². The smallest absolute Gasteiger partial charge is 0.239 e. The lowest BCUT2D eigenvalue weighted by atomic mass is 10.2. The summed E-state index contributed by atoms with van der Waals surface area (Å²) < 4.78 is 5.64. The molecule has 0 aliphatic carbocycles. The molecule has 0 aromatic heterocycles. The number of amides is 1. The Morgan fingerprint density at radius 3 is 2.72 bits per heavy atom. The average molecular weight is 250 g/mol. The van der Waals surface area contributed by atoms with Crippen molar-refractivity contribution < 1.29 is 9.53 Å². The summed E-state index contributed by atoms with van der Waals surface area (Å²) in [7, 11) is 1.75. The van der Waals surface area contributed by atoms with E-state index in [0.717, 1.165) is 11.3 Å². The number of aryl methyl sites for hydroxylation is 1. The van der Waals surface area contributed by atoms with Crippen molar-refractivity contribution in [3.05, 3.63) is 29.8 Å². The summed E-state index contributed by atoms with van der Waals surface area (Å²) in [6.45, 7) is 4.92. The van der Waals surface area contributed by atoms with Crippen LogP contribution in [0.25, 0.3) is 0 Å². The molecule has 0 spiro atoms. The highest BCUT2D eigenvalue weighted by molar-refractivity contribution is 5.81. The van der Waals surface area contributed by atoms with Gasteiger partial charge in [-0.2, -0.15) is 0 Å². The molecule has 0 aliphatic rings. The summed E-state index contributed by atoms with van der Waals surface area (Å²) in [5, 5.41) is 0. The molecule has 100 valence electrons. The monoisotopic (exact) mass is 250 g/mol. The second-order valence-electron chi connectivity index (χ2n) is 4.39. The zero-order valence-electron chi connectivity index (χ0n) is 11.3. The Hall–Kier alpha value is -1.55. The van der Waals surface area contributed by atoms with Crippen LogP contribution in [0.1, 0.15) is 18.9 Å². The number of likely N-dealkylation sites (N-methyl/N-ethyl adjacent to an activating group) is 1. The van der Waals surface area contributed by atoms with E-state index in [0.29, 0.717) is 19.6 Å². The maximum atomic E-state index is 11.7. The number of carbonyl (C=O) groups is 1. The van der Waals surface area contributed by atoms with Crippen LogP contribution in [0.4, 0.5) is 0 Å². The Kier molecular flexibility index (Phi) is 5.65. The first kappa shape index (κ1) is 14.5. The molecule has 1 atom stereocenters. The van der Waals surface area contributed by atoms with Crippen LogP contribution in [0.15, 0.2) is 24.3 Å². The molecule has 0 heterocycles. The molecule has 1 amide bonds. The molecule has 0 saturated heterocycles. The predicted molar refractivity (Wildman–Crippen MR) is 72.6 cm³/mol. The summed E-state index contributed by atoms with van der Waals surface area (Å²) in [6, 6.07) is 7.42. The second kappa shape index (κ2) is 7.01. The molecule has 0 unspecified atom stereocenters. The van der Waals surface area contributed by atoms with Crippen LogP contribution in [0.5, 0.6) is 5.75 Å². The minimum absolute atomic E-state index is 0.0362. The van der Waals surface area contributed by atoms with Crippen molar-refractivity contribution in [2.24, 2.45) is 5.73 Å². The quantitative estimate of drug-likeness (QED) is 0.833. The number of hydrogen-bond acceptors (Lipinski definition) is 3. The second-order valence-corrected chi connectivity index (χ2v) is 4.39. The van der Waals surface area contributed by atoms with Gasteiger partial charge in [-0.15, -0.1) is 0 Å². The molecule has 0 fully saturated rings. The van der Waals surface area contributed by atoms with Gasteiger partial charge in [-0.05, 0) is 25.0 Å². The van der Waals surface area contributed by atoms with Gasteiger partial charge in [0.05, 0.1) is 12.6 Å². The third-order valence-electron chi connectivity index (χ3n) is 2.91. The highest BCUT2D eigenvalue weighted by Gasteiger charge is 2.15. The van der Waals surface area contributed by atoms with Gasteiger partial charge in [0.25, 0.3) is 0 Å². The first-order valence-electron chi connectivity index (χ1n) is 6.25. The molecule has 1 aromatic rings. The van der Waals surface area contributed by atoms with Crippen molar-refractivity contribution >= 4 is 5.91 Å². The Morgan fingerprint density at radius 1 is 1.44 bits per heavy atom. The Morgan fingerprint density at radius 2 is 2.11 bits per heavy atom. The third-order valence-corrected chi connectivity index (χ3v) is 2.91. The number of para-hydroxylation sites is 1. The maximum absolute atomic E-state index is 11.7. The van der Waals surface area contributed by atoms with E-state index in [1.165, 1.54) is 0 Å². The zero-order valence-corrected chi connectivity index (χ0v) is 11.3. The maximum Gasteiger partial charge on any atom is 0.239 e. The Bertz CT molecular complexity index is 393. The van der Waals surface area contributed by atoms with E-state index in [4.69, 9.17) is 10.5 Å². The first-order valence-corrected chi connectivity index (χ1v) is 6.25. The molecule has 0 radical (unpaired) electrons. The van der Waals surface area contributed by atoms with Gasteiger partial charge in [0, 0.05) is 7.05 Å². The summed E-state index contributed by atoms with van der Waals surface area (Å²) >= 11 is 0. The molecule has 4 nitrogen and oxygen atoms in total. The highest BCUT2D eigenvalue weighted by atomic mass is 16.5. The SMILES string of the molecule is CC[C@@H](N)C(=O)N(C)CCOc1ccccc1C. The van der Waals surface area contributed by atoms with Crippen molar-refractivity contribution in [2.45, 2.75) is 26.3 Å². The topological polar surface area (TPSA) is 55.6 Å². The number of carbonyl (C=O) groups excluding carboxylic acids is 1. The molecule has 1 aromatic carbocycles. The zero-order chi connectivity index (χ0) is 13.5. The van der Waals surface area contributed by atoms with Crippen molar-refractivity contribution in [2.75, 3.05) is 20.2 Å². The van der Waals surface area contributed by atoms with E-state index >= 15 is 0 Å². The van der Waals surface area contributed by atoms with E-state index in [1.54, 1.807) is 11.9 Å². The summed E-state index contributed by atoms with van der Waals surface area (Å²) in [5.74, 6) is 0.823. The van der Waals surface area contributed by atoms with Crippen molar-refractivity contribution in [3.8, 4) is 5.75 Å². The molecular weight excluding hydrogens is 228 g/mol. The summed E-state index contributed by atoms with van der Waals surface area (Å²) in [5.41, 5.74) is 6.79. The molecule has 18 heavy (non-hydrogen) atoms. The van der Waals surface area contributed by atoms with E-state index < -0.39 is 6.04 Å². The van der Waals surface area contributed by atoms with Crippen LogP contribution >= 0.6 is 0 Å². The van der Waals surface area contributed by atoms with Crippen LogP contribution < -0.4 is 10.5 Å². The van der Waals surface area contributed by atoms with E-state index in [1.807, 2.05) is 38.1 Å². The van der Waals surface area contributed by atoms with Gasteiger partial charge in [0.1, 0.15) is 12.4 Å². The summed E-state index contributed by atoms with van der Waals surface area (Å²) in [6.07, 6.45) is 0.655. The summed E-state index contributed by atoms with van der Waals surface area (Å²) in [4.78, 5) is 13.3. The van der Waals surface area contributed by atoms with Gasteiger partial charge in [0.15, 0.2) is 0 Å². The average Bonchev–Trinajstić information content (AvgIpc) is 2.39. The lowest BCUT2D eigenvalue weighted by Gasteiger charge is -2.20. The number of benzene rings is 1. The predicted octanol–water partition coefficient (Wildman–Crippen LogP) is 1.57. The van der Waals surface area contributed by atoms with E-state index in [9.17, 15) is 4.79 Å². The lowest BCUT2D eigenvalue weighted by molar-refractivity contribution is -0.131. The molecule has 0 saturated carbocycles. The van der Waals surface area contributed by atoms with Crippen LogP contribution in [0.3, 0.4) is 0 Å². The third kappa shape index (κ3) is 4.04. The Balaban J connectivity index is 2.38. The fourth-order valence-electron chi connectivity index (χ4n) is 1.58. The standard InChI is InChI=1S/C14H22N2O2/c1-4-12(15)14(17)16(3)9-10-18-13-8-6-5-7-11(13)2/h5-8,12H,4,9-10,15H2,1-3H3/t12-/m1/s1. The molecule has 0 bridgehead atoms. The van der Waals surface area contributed by atoms with Gasteiger partial charge >= 0.3 is 0 Å². The van der Waals surface area contributed by atoms with Gasteiger partial charge in [-0.1, -0.05) is 25.1 Å². The van der Waals surface area contributed by atoms with Gasteiger partial charge in [-0.3, -0.25) is 4.79 Å². The fraction of sp³-hybridized carbons (Fsp3) is 0.500. The van der Waals surface area contributed by atoms with E-state index in [-0.39, 0.29) is 5.91 Å².